The first-order chi connectivity index (χ1) is 14.8. The van der Waals surface area contributed by atoms with Crippen molar-refractivity contribution in [3.05, 3.63) is 42.2 Å². The first-order valence-electron chi connectivity index (χ1n) is 11.0. The summed E-state index contributed by atoms with van der Waals surface area (Å²) in [6.45, 7) is 10.4. The number of amides is 1. The Morgan fingerprint density at radius 2 is 1.90 bits per heavy atom. The number of hydrogen-bond donors (Lipinski definition) is 1. The van der Waals surface area contributed by atoms with Gasteiger partial charge in [-0.3, -0.25) is 9.48 Å². The van der Waals surface area contributed by atoms with E-state index in [-0.39, 0.29) is 16.8 Å². The number of benzene rings is 1. The third kappa shape index (κ3) is 5.72. The molecule has 9 heteroatoms. The zero-order valence-corrected chi connectivity index (χ0v) is 19.4. The van der Waals surface area contributed by atoms with Gasteiger partial charge < -0.3 is 10.2 Å². The van der Waals surface area contributed by atoms with Crippen LogP contribution in [0.3, 0.4) is 0 Å². The van der Waals surface area contributed by atoms with Gasteiger partial charge in [-0.25, -0.2) is 8.42 Å². The first kappa shape index (κ1) is 23.4. The molecular formula is C22H33N5O3S. The molecule has 1 atom stereocenters. The Morgan fingerprint density at radius 1 is 1.19 bits per heavy atom. The highest BCUT2D eigenvalue weighted by molar-refractivity contribution is 7.89. The van der Waals surface area contributed by atoms with E-state index < -0.39 is 10.0 Å². The maximum absolute atomic E-state index is 12.9. The highest BCUT2D eigenvalue weighted by Crippen LogP contribution is 2.25. The van der Waals surface area contributed by atoms with Crippen LogP contribution in [0.1, 0.15) is 50.4 Å². The van der Waals surface area contributed by atoms with Crippen LogP contribution in [0.25, 0.3) is 0 Å². The molecule has 0 saturated carbocycles. The molecule has 0 spiro atoms. The van der Waals surface area contributed by atoms with Gasteiger partial charge in [0.2, 0.25) is 10.0 Å². The van der Waals surface area contributed by atoms with Crippen LogP contribution in [0.2, 0.25) is 0 Å². The predicted octanol–water partition coefficient (Wildman–Crippen LogP) is 3.04. The second-order valence-electron chi connectivity index (χ2n) is 7.96. The van der Waals surface area contributed by atoms with Crippen molar-refractivity contribution in [1.29, 1.82) is 0 Å². The number of nitrogens with one attached hydrogen (secondary N) is 1. The van der Waals surface area contributed by atoms with Crippen molar-refractivity contribution in [1.82, 2.24) is 19.0 Å². The Bertz CT molecular complexity index is 967. The van der Waals surface area contributed by atoms with E-state index in [4.69, 9.17) is 0 Å². The minimum Gasteiger partial charge on any atom is -0.319 e. The van der Waals surface area contributed by atoms with Crippen molar-refractivity contribution >= 4 is 21.6 Å². The molecule has 1 aromatic carbocycles. The Morgan fingerprint density at radius 3 is 2.55 bits per heavy atom. The van der Waals surface area contributed by atoms with Gasteiger partial charge in [-0.1, -0.05) is 20.3 Å². The van der Waals surface area contributed by atoms with Crippen LogP contribution in [-0.4, -0.2) is 65.5 Å². The molecule has 1 N–H and O–H groups in total. The van der Waals surface area contributed by atoms with Gasteiger partial charge >= 0.3 is 0 Å². The second-order valence-corrected chi connectivity index (χ2v) is 9.85. The molecule has 1 saturated heterocycles. The van der Waals surface area contributed by atoms with E-state index in [2.05, 4.69) is 29.2 Å². The van der Waals surface area contributed by atoms with Crippen LogP contribution < -0.4 is 5.32 Å². The molecule has 1 aromatic heterocycles. The summed E-state index contributed by atoms with van der Waals surface area (Å²) >= 11 is 0. The molecule has 2 heterocycles. The van der Waals surface area contributed by atoms with Crippen LogP contribution >= 0.6 is 0 Å². The van der Waals surface area contributed by atoms with Crippen molar-refractivity contribution in [2.75, 3.05) is 31.5 Å². The number of aromatic nitrogens is 2. The minimum absolute atomic E-state index is 0.00000582. The number of likely N-dealkylation sites (N-methyl/N-ethyl adjacent to an activating group) is 1. The van der Waals surface area contributed by atoms with E-state index in [1.807, 2.05) is 11.6 Å². The molecule has 0 aliphatic carbocycles. The van der Waals surface area contributed by atoms with Crippen molar-refractivity contribution in [2.24, 2.45) is 0 Å². The van der Waals surface area contributed by atoms with E-state index in [1.54, 1.807) is 28.8 Å². The zero-order chi connectivity index (χ0) is 22.4. The maximum atomic E-state index is 12.9. The standard InChI is InChI=1S/C22H33N5O3S/c1-4-25(5-2)14-15-26-17-20(16-23-26)24-22(28)19-9-11-21(12-10-19)31(29,30)27-13-7-6-8-18(27)3/h9-12,16-18H,4-8,13-15H2,1-3H3,(H,24,28). The lowest BCUT2D eigenvalue weighted by Gasteiger charge is -2.32. The van der Waals surface area contributed by atoms with Crippen molar-refractivity contribution < 1.29 is 13.2 Å². The topological polar surface area (TPSA) is 87.5 Å². The summed E-state index contributed by atoms with van der Waals surface area (Å²) in [4.78, 5) is 15.1. The van der Waals surface area contributed by atoms with Gasteiger partial charge in [0.15, 0.2) is 0 Å². The van der Waals surface area contributed by atoms with Crippen LogP contribution in [-0.2, 0) is 16.6 Å². The Kier molecular flexibility index (Phi) is 7.85. The number of carbonyl (C=O) groups is 1. The van der Waals surface area contributed by atoms with Crippen LogP contribution in [0, 0.1) is 0 Å². The normalized spacial score (nSPS) is 17.7. The lowest BCUT2D eigenvalue weighted by Crippen LogP contribution is -2.41. The third-order valence-corrected chi connectivity index (χ3v) is 7.92. The number of sulfonamides is 1. The average Bonchev–Trinajstić information content (AvgIpc) is 3.22. The number of carbonyl (C=O) groups excluding carboxylic acids is 1. The van der Waals surface area contributed by atoms with Gasteiger partial charge in [-0.15, -0.1) is 0 Å². The molecule has 31 heavy (non-hydrogen) atoms. The van der Waals surface area contributed by atoms with Gasteiger partial charge in [-0.2, -0.15) is 9.40 Å². The van der Waals surface area contributed by atoms with Crippen molar-refractivity contribution in [2.45, 2.75) is 57.5 Å². The molecule has 1 fully saturated rings. The SMILES string of the molecule is CCN(CC)CCn1cc(NC(=O)c2ccc(S(=O)(=O)N3CCCCC3C)cc2)cn1. The Labute approximate surface area is 185 Å². The van der Waals surface area contributed by atoms with Gasteiger partial charge in [-0.05, 0) is 57.1 Å². The molecule has 0 bridgehead atoms. The average molecular weight is 448 g/mol. The van der Waals surface area contributed by atoms with Crippen molar-refractivity contribution in [3.63, 3.8) is 0 Å². The fraction of sp³-hybridized carbons (Fsp3) is 0.545. The lowest BCUT2D eigenvalue weighted by molar-refractivity contribution is 0.102. The van der Waals surface area contributed by atoms with Crippen molar-refractivity contribution in [3.8, 4) is 0 Å². The van der Waals surface area contributed by atoms with E-state index >= 15 is 0 Å². The monoisotopic (exact) mass is 447 g/mol. The first-order valence-corrected chi connectivity index (χ1v) is 12.5. The summed E-state index contributed by atoms with van der Waals surface area (Å²) in [5.41, 5.74) is 1.02. The number of nitrogens with zero attached hydrogens (tertiary/aromatic N) is 4. The summed E-state index contributed by atoms with van der Waals surface area (Å²) in [7, 11) is -3.54. The van der Waals surface area contributed by atoms with E-state index in [0.717, 1.165) is 45.4 Å². The van der Waals surface area contributed by atoms with Gasteiger partial charge in [0.1, 0.15) is 0 Å². The highest BCUT2D eigenvalue weighted by Gasteiger charge is 2.30. The zero-order valence-electron chi connectivity index (χ0n) is 18.6. The smallest absolute Gasteiger partial charge is 0.255 e. The molecule has 1 unspecified atom stereocenters. The number of hydrogen-bond acceptors (Lipinski definition) is 5. The van der Waals surface area contributed by atoms with E-state index in [0.29, 0.717) is 17.8 Å². The summed E-state index contributed by atoms with van der Waals surface area (Å²) < 4.78 is 29.2. The summed E-state index contributed by atoms with van der Waals surface area (Å²) in [6, 6.07) is 6.14. The molecule has 0 radical (unpaired) electrons. The fourth-order valence-corrected chi connectivity index (χ4v) is 5.58. The van der Waals surface area contributed by atoms with Gasteiger partial charge in [0.05, 0.1) is 23.3 Å². The summed E-state index contributed by atoms with van der Waals surface area (Å²) in [5.74, 6) is -0.293. The quantitative estimate of drug-likeness (QED) is 0.638. The number of rotatable bonds is 9. The molecule has 8 nitrogen and oxygen atoms in total. The number of piperidine rings is 1. The molecular weight excluding hydrogens is 414 g/mol. The Balaban J connectivity index is 1.62. The second kappa shape index (κ2) is 10.4. The molecule has 2 aromatic rings. The summed E-state index contributed by atoms with van der Waals surface area (Å²) in [5, 5.41) is 7.13. The minimum atomic E-state index is -3.54. The Hall–Kier alpha value is -2.23. The molecule has 1 aliphatic rings. The largest absolute Gasteiger partial charge is 0.319 e. The van der Waals surface area contributed by atoms with Crippen LogP contribution in [0.5, 0.6) is 0 Å². The summed E-state index contributed by atoms with van der Waals surface area (Å²) in [6.07, 6.45) is 6.24. The van der Waals surface area contributed by atoms with Crippen LogP contribution in [0.15, 0.2) is 41.6 Å². The highest BCUT2D eigenvalue weighted by atomic mass is 32.2. The molecule has 3 rings (SSSR count). The van der Waals surface area contributed by atoms with Gasteiger partial charge in [0, 0.05) is 30.9 Å². The molecule has 1 aliphatic heterocycles. The van der Waals surface area contributed by atoms with Gasteiger partial charge in [0.25, 0.3) is 5.91 Å². The fourth-order valence-electron chi connectivity index (χ4n) is 3.88. The molecule has 170 valence electrons. The molecule has 1 amide bonds. The maximum Gasteiger partial charge on any atom is 0.255 e. The predicted molar refractivity (Wildman–Crippen MR) is 122 cm³/mol. The number of anilines is 1. The van der Waals surface area contributed by atoms with E-state index in [9.17, 15) is 13.2 Å². The van der Waals surface area contributed by atoms with Crippen LogP contribution in [0.4, 0.5) is 5.69 Å². The third-order valence-electron chi connectivity index (χ3n) is 5.90. The van der Waals surface area contributed by atoms with E-state index in [1.165, 1.54) is 12.1 Å². The lowest BCUT2D eigenvalue weighted by atomic mass is 10.1.